The summed E-state index contributed by atoms with van der Waals surface area (Å²) < 4.78 is 5.34. The Bertz CT molecular complexity index is 632. The third-order valence-corrected chi connectivity index (χ3v) is 5.60. The van der Waals surface area contributed by atoms with Crippen molar-refractivity contribution in [2.45, 2.75) is 84.3 Å². The van der Waals surface area contributed by atoms with Gasteiger partial charge in [0.25, 0.3) is 0 Å². The lowest BCUT2D eigenvalue weighted by Crippen LogP contribution is -2.49. The molecule has 0 heterocycles. The SMILES string of the molecule is CCCCCN(CCCCC)C(=O)[C@@H](CCCCN)NC(=O)OCc1ccccc1Cl. The zero-order chi connectivity index (χ0) is 22.9. The molecule has 2 amide bonds. The van der Waals surface area contributed by atoms with Gasteiger partial charge in [0.15, 0.2) is 0 Å². The average Bonchev–Trinajstić information content (AvgIpc) is 2.76. The highest BCUT2D eigenvalue weighted by Gasteiger charge is 2.26. The van der Waals surface area contributed by atoms with Gasteiger partial charge in [0, 0.05) is 23.7 Å². The molecule has 0 aromatic heterocycles. The Balaban J connectivity index is 2.75. The van der Waals surface area contributed by atoms with Crippen LogP contribution in [-0.4, -0.2) is 42.6 Å². The van der Waals surface area contributed by atoms with Crippen LogP contribution in [0.3, 0.4) is 0 Å². The molecule has 0 bridgehead atoms. The monoisotopic (exact) mass is 453 g/mol. The van der Waals surface area contributed by atoms with Crippen molar-refractivity contribution < 1.29 is 14.3 Å². The first-order chi connectivity index (χ1) is 15.0. The normalized spacial score (nSPS) is 11.7. The lowest BCUT2D eigenvalue weighted by atomic mass is 10.1. The third-order valence-electron chi connectivity index (χ3n) is 5.23. The number of unbranched alkanes of at least 4 members (excludes halogenated alkanes) is 5. The highest BCUT2D eigenvalue weighted by atomic mass is 35.5. The number of halogens is 1. The lowest BCUT2D eigenvalue weighted by Gasteiger charge is -2.28. The standard InChI is InChI=1S/C24H40ClN3O3/c1-3-5-11-17-28(18-12-6-4-2)23(29)22(15-9-10-16-26)27-24(30)31-19-20-13-7-8-14-21(20)25/h7-8,13-14,22H,3-6,9-12,15-19,26H2,1-2H3,(H,27,30)/t22-/m1/s1. The molecular formula is C24H40ClN3O3. The topological polar surface area (TPSA) is 84.7 Å². The van der Waals surface area contributed by atoms with E-state index in [0.717, 1.165) is 70.0 Å². The number of nitrogens with two attached hydrogens (primary N) is 1. The fourth-order valence-electron chi connectivity index (χ4n) is 3.35. The van der Waals surface area contributed by atoms with Crippen LogP contribution in [0.1, 0.15) is 77.2 Å². The maximum atomic E-state index is 13.3. The van der Waals surface area contributed by atoms with E-state index < -0.39 is 12.1 Å². The molecule has 1 rings (SSSR count). The Morgan fingerprint density at radius 2 is 1.68 bits per heavy atom. The molecule has 0 fully saturated rings. The minimum Gasteiger partial charge on any atom is -0.445 e. The van der Waals surface area contributed by atoms with Gasteiger partial charge in [-0.25, -0.2) is 4.79 Å². The van der Waals surface area contributed by atoms with Crippen molar-refractivity contribution in [1.82, 2.24) is 10.2 Å². The van der Waals surface area contributed by atoms with Crippen LogP contribution in [0.4, 0.5) is 4.79 Å². The molecule has 0 radical (unpaired) electrons. The van der Waals surface area contributed by atoms with E-state index in [1.54, 1.807) is 6.07 Å². The second-order valence-corrected chi connectivity index (χ2v) is 8.30. The zero-order valence-electron chi connectivity index (χ0n) is 19.2. The van der Waals surface area contributed by atoms with E-state index >= 15 is 0 Å². The maximum absolute atomic E-state index is 13.3. The number of benzene rings is 1. The van der Waals surface area contributed by atoms with Crippen LogP contribution >= 0.6 is 11.6 Å². The van der Waals surface area contributed by atoms with Crippen molar-refractivity contribution >= 4 is 23.6 Å². The van der Waals surface area contributed by atoms with Gasteiger partial charge in [-0.05, 0) is 44.7 Å². The molecule has 1 aromatic rings. The van der Waals surface area contributed by atoms with E-state index in [-0.39, 0.29) is 12.5 Å². The van der Waals surface area contributed by atoms with E-state index in [0.29, 0.717) is 18.0 Å². The molecule has 1 aromatic carbocycles. The zero-order valence-corrected chi connectivity index (χ0v) is 20.0. The second kappa shape index (κ2) is 16.8. The summed E-state index contributed by atoms with van der Waals surface area (Å²) in [5.41, 5.74) is 6.35. The fourth-order valence-corrected chi connectivity index (χ4v) is 3.54. The van der Waals surface area contributed by atoms with Gasteiger partial charge >= 0.3 is 6.09 Å². The van der Waals surface area contributed by atoms with Crippen molar-refractivity contribution in [3.63, 3.8) is 0 Å². The van der Waals surface area contributed by atoms with Crippen LogP contribution in [0.2, 0.25) is 5.02 Å². The fraction of sp³-hybridized carbons (Fsp3) is 0.667. The van der Waals surface area contributed by atoms with Gasteiger partial charge in [-0.3, -0.25) is 4.79 Å². The van der Waals surface area contributed by atoms with Crippen LogP contribution in [0, 0.1) is 0 Å². The van der Waals surface area contributed by atoms with Gasteiger partial charge in [0.1, 0.15) is 12.6 Å². The van der Waals surface area contributed by atoms with Crippen molar-refractivity contribution in [3.05, 3.63) is 34.9 Å². The van der Waals surface area contributed by atoms with E-state index in [1.165, 1.54) is 0 Å². The number of hydrogen-bond acceptors (Lipinski definition) is 4. The first-order valence-corrected chi connectivity index (χ1v) is 12.1. The molecule has 7 heteroatoms. The van der Waals surface area contributed by atoms with E-state index in [9.17, 15) is 9.59 Å². The van der Waals surface area contributed by atoms with Crippen molar-refractivity contribution in [2.75, 3.05) is 19.6 Å². The number of ether oxygens (including phenoxy) is 1. The first kappa shape index (κ1) is 27.2. The quantitative estimate of drug-likeness (QED) is 0.334. The lowest BCUT2D eigenvalue weighted by molar-refractivity contribution is -0.133. The predicted molar refractivity (Wildman–Crippen MR) is 127 cm³/mol. The molecule has 0 saturated heterocycles. The highest BCUT2D eigenvalue weighted by Crippen LogP contribution is 2.16. The smallest absolute Gasteiger partial charge is 0.408 e. The Kier molecular flexibility index (Phi) is 14.8. The van der Waals surface area contributed by atoms with Gasteiger partial charge in [-0.2, -0.15) is 0 Å². The van der Waals surface area contributed by atoms with Crippen LogP contribution in [0.15, 0.2) is 24.3 Å². The van der Waals surface area contributed by atoms with Crippen LogP contribution in [0.5, 0.6) is 0 Å². The number of hydrogen-bond donors (Lipinski definition) is 2. The molecule has 0 spiro atoms. The number of alkyl carbamates (subject to hydrolysis) is 1. The Hall–Kier alpha value is -1.79. The second-order valence-electron chi connectivity index (χ2n) is 7.89. The minimum absolute atomic E-state index is 0.0288. The Morgan fingerprint density at radius 3 is 2.26 bits per heavy atom. The number of amides is 2. The Labute approximate surface area is 192 Å². The number of carbonyl (C=O) groups is 2. The summed E-state index contributed by atoms with van der Waals surface area (Å²) in [6.07, 6.45) is 7.85. The van der Waals surface area contributed by atoms with Crippen LogP contribution < -0.4 is 11.1 Å². The summed E-state index contributed by atoms with van der Waals surface area (Å²) in [5.74, 6) is -0.0288. The molecule has 3 N–H and O–H groups in total. The van der Waals surface area contributed by atoms with E-state index in [4.69, 9.17) is 22.1 Å². The molecular weight excluding hydrogens is 414 g/mol. The van der Waals surface area contributed by atoms with Gasteiger partial charge in [0.05, 0.1) is 0 Å². The van der Waals surface area contributed by atoms with Gasteiger partial charge in [0.2, 0.25) is 5.91 Å². The number of nitrogens with one attached hydrogen (secondary N) is 1. The van der Waals surface area contributed by atoms with Crippen molar-refractivity contribution in [3.8, 4) is 0 Å². The third kappa shape index (κ3) is 11.4. The molecule has 0 aliphatic rings. The maximum Gasteiger partial charge on any atom is 0.408 e. The molecule has 6 nitrogen and oxygen atoms in total. The molecule has 0 saturated carbocycles. The summed E-state index contributed by atoms with van der Waals surface area (Å²) in [5, 5.41) is 3.34. The number of rotatable bonds is 16. The summed E-state index contributed by atoms with van der Waals surface area (Å²) in [6.45, 7) is 6.37. The van der Waals surface area contributed by atoms with E-state index in [2.05, 4.69) is 19.2 Å². The van der Waals surface area contributed by atoms with Crippen LogP contribution in [-0.2, 0) is 16.1 Å². The van der Waals surface area contributed by atoms with Gasteiger partial charge in [-0.1, -0.05) is 69.3 Å². The van der Waals surface area contributed by atoms with Crippen molar-refractivity contribution in [2.24, 2.45) is 5.73 Å². The largest absolute Gasteiger partial charge is 0.445 e. The molecule has 176 valence electrons. The molecule has 0 unspecified atom stereocenters. The summed E-state index contributed by atoms with van der Waals surface area (Å²) in [6, 6.07) is 6.62. The molecule has 0 aliphatic carbocycles. The molecule has 0 aliphatic heterocycles. The summed E-state index contributed by atoms with van der Waals surface area (Å²) >= 11 is 6.13. The molecule has 31 heavy (non-hydrogen) atoms. The summed E-state index contributed by atoms with van der Waals surface area (Å²) in [7, 11) is 0. The van der Waals surface area contributed by atoms with Crippen LogP contribution in [0.25, 0.3) is 0 Å². The minimum atomic E-state index is -0.604. The van der Waals surface area contributed by atoms with Gasteiger partial charge < -0.3 is 20.7 Å². The van der Waals surface area contributed by atoms with E-state index in [1.807, 2.05) is 23.1 Å². The number of carbonyl (C=O) groups excluding carboxylic acids is 2. The predicted octanol–water partition coefficient (Wildman–Crippen LogP) is 5.27. The number of nitrogens with zero attached hydrogens (tertiary/aromatic N) is 1. The van der Waals surface area contributed by atoms with Gasteiger partial charge in [-0.15, -0.1) is 0 Å². The highest BCUT2D eigenvalue weighted by molar-refractivity contribution is 6.31. The first-order valence-electron chi connectivity index (χ1n) is 11.7. The average molecular weight is 454 g/mol. The molecule has 1 atom stereocenters. The van der Waals surface area contributed by atoms with Crippen molar-refractivity contribution in [1.29, 1.82) is 0 Å². The Morgan fingerprint density at radius 1 is 1.03 bits per heavy atom. The summed E-state index contributed by atoms with van der Waals surface area (Å²) in [4.78, 5) is 27.6.